The molecule has 2 atom stereocenters. The summed E-state index contributed by atoms with van der Waals surface area (Å²) in [4.78, 5) is 11.9. The molecule has 2 rings (SSSR count). The van der Waals surface area contributed by atoms with Gasteiger partial charge >= 0.3 is 0 Å². The van der Waals surface area contributed by atoms with Crippen molar-refractivity contribution in [2.24, 2.45) is 0 Å². The number of carbonyl (C=O) groups excluding carboxylic acids is 1. The van der Waals surface area contributed by atoms with Crippen molar-refractivity contribution in [1.29, 1.82) is 0 Å². The van der Waals surface area contributed by atoms with Gasteiger partial charge < -0.3 is 20.1 Å². The fourth-order valence-corrected chi connectivity index (χ4v) is 2.40. The van der Waals surface area contributed by atoms with Gasteiger partial charge in [-0.1, -0.05) is 6.07 Å². The van der Waals surface area contributed by atoms with E-state index in [4.69, 9.17) is 9.47 Å². The first-order valence-corrected chi connectivity index (χ1v) is 7.00. The van der Waals surface area contributed by atoms with E-state index in [0.717, 1.165) is 5.56 Å². The van der Waals surface area contributed by atoms with E-state index in [1.807, 2.05) is 0 Å². The summed E-state index contributed by atoms with van der Waals surface area (Å²) in [6, 6.07) is 4.61. The highest BCUT2D eigenvalue weighted by Crippen LogP contribution is 2.17. The second kappa shape index (κ2) is 7.38. The summed E-state index contributed by atoms with van der Waals surface area (Å²) in [7, 11) is 3.07. The summed E-state index contributed by atoms with van der Waals surface area (Å²) < 4.78 is 23.6. The number of methoxy groups -OCH3 is 2. The van der Waals surface area contributed by atoms with Gasteiger partial charge in [0.25, 0.3) is 0 Å². The number of benzene rings is 1. The van der Waals surface area contributed by atoms with Crippen molar-refractivity contribution in [2.75, 3.05) is 27.3 Å². The standard InChI is InChI=1S/C15H21FN2O3/c1-20-11-8-13(18-9-11)15(19)17-6-5-10-3-4-14(21-2)12(16)7-10/h3-4,7,11,13,18H,5-6,8-9H2,1-2H3,(H,17,19)/t11-,13-/m1/s1. The highest BCUT2D eigenvalue weighted by atomic mass is 19.1. The van der Waals surface area contributed by atoms with E-state index in [2.05, 4.69) is 10.6 Å². The Hall–Kier alpha value is -1.66. The molecule has 0 bridgehead atoms. The molecule has 2 N–H and O–H groups in total. The number of nitrogens with one attached hydrogen (secondary N) is 2. The molecule has 1 aromatic rings. The van der Waals surface area contributed by atoms with Crippen LogP contribution in [0.3, 0.4) is 0 Å². The molecular formula is C15H21FN2O3. The lowest BCUT2D eigenvalue weighted by atomic mass is 10.1. The minimum atomic E-state index is -0.387. The number of rotatable bonds is 6. The van der Waals surface area contributed by atoms with Gasteiger partial charge in [0.1, 0.15) is 0 Å². The number of carbonyl (C=O) groups is 1. The minimum Gasteiger partial charge on any atom is -0.494 e. The molecule has 1 aromatic carbocycles. The third kappa shape index (κ3) is 4.15. The smallest absolute Gasteiger partial charge is 0.237 e. The van der Waals surface area contributed by atoms with Crippen molar-refractivity contribution in [3.8, 4) is 5.75 Å². The number of halogens is 1. The van der Waals surface area contributed by atoms with E-state index >= 15 is 0 Å². The van der Waals surface area contributed by atoms with Gasteiger partial charge in [-0.15, -0.1) is 0 Å². The molecule has 0 aromatic heterocycles. The van der Waals surface area contributed by atoms with Gasteiger partial charge in [-0.25, -0.2) is 4.39 Å². The average molecular weight is 296 g/mol. The van der Waals surface area contributed by atoms with Crippen molar-refractivity contribution in [3.63, 3.8) is 0 Å². The summed E-state index contributed by atoms with van der Waals surface area (Å²) in [6.45, 7) is 1.17. The Morgan fingerprint density at radius 3 is 2.90 bits per heavy atom. The van der Waals surface area contributed by atoms with E-state index in [0.29, 0.717) is 25.9 Å². The van der Waals surface area contributed by atoms with E-state index in [1.54, 1.807) is 19.2 Å². The fourth-order valence-electron chi connectivity index (χ4n) is 2.40. The molecule has 1 amide bonds. The van der Waals surface area contributed by atoms with Crippen LogP contribution < -0.4 is 15.4 Å². The van der Waals surface area contributed by atoms with Crippen molar-refractivity contribution in [1.82, 2.24) is 10.6 Å². The Labute approximate surface area is 123 Å². The van der Waals surface area contributed by atoms with E-state index in [-0.39, 0.29) is 29.6 Å². The van der Waals surface area contributed by atoms with Crippen LogP contribution >= 0.6 is 0 Å². The number of ether oxygens (including phenoxy) is 2. The Morgan fingerprint density at radius 1 is 1.48 bits per heavy atom. The maximum absolute atomic E-state index is 13.5. The maximum atomic E-state index is 13.5. The predicted molar refractivity (Wildman–Crippen MR) is 76.9 cm³/mol. The highest BCUT2D eigenvalue weighted by molar-refractivity contribution is 5.82. The van der Waals surface area contributed by atoms with Gasteiger partial charge in [0.05, 0.1) is 19.3 Å². The zero-order chi connectivity index (χ0) is 15.2. The number of hydrogen-bond donors (Lipinski definition) is 2. The maximum Gasteiger partial charge on any atom is 0.237 e. The SMILES string of the molecule is COc1ccc(CCNC(=O)[C@H]2C[C@@H](OC)CN2)cc1F. The number of amides is 1. The summed E-state index contributed by atoms with van der Waals surface area (Å²) in [6.07, 6.45) is 1.35. The molecule has 5 nitrogen and oxygen atoms in total. The van der Waals surface area contributed by atoms with Gasteiger partial charge in [-0.05, 0) is 30.5 Å². The third-order valence-electron chi connectivity index (χ3n) is 3.67. The lowest BCUT2D eigenvalue weighted by molar-refractivity contribution is -0.122. The molecule has 6 heteroatoms. The Balaban J connectivity index is 1.76. The van der Waals surface area contributed by atoms with Crippen molar-refractivity contribution in [2.45, 2.75) is 25.0 Å². The zero-order valence-corrected chi connectivity index (χ0v) is 12.3. The Morgan fingerprint density at radius 2 is 2.29 bits per heavy atom. The summed E-state index contributed by atoms with van der Waals surface area (Å²) in [5.41, 5.74) is 0.822. The monoisotopic (exact) mass is 296 g/mol. The van der Waals surface area contributed by atoms with Gasteiger partial charge in [0.2, 0.25) is 5.91 Å². The summed E-state index contributed by atoms with van der Waals surface area (Å²) in [5, 5.41) is 5.97. The average Bonchev–Trinajstić information content (AvgIpc) is 2.96. The van der Waals surface area contributed by atoms with Crippen LogP contribution in [-0.4, -0.2) is 45.4 Å². The van der Waals surface area contributed by atoms with Gasteiger partial charge in [-0.2, -0.15) is 0 Å². The van der Waals surface area contributed by atoms with Gasteiger partial charge in [-0.3, -0.25) is 4.79 Å². The largest absolute Gasteiger partial charge is 0.494 e. The van der Waals surface area contributed by atoms with Gasteiger partial charge in [0, 0.05) is 20.2 Å². The topological polar surface area (TPSA) is 59.6 Å². The third-order valence-corrected chi connectivity index (χ3v) is 3.67. The van der Waals surface area contributed by atoms with Crippen LogP contribution in [0.25, 0.3) is 0 Å². The first-order valence-electron chi connectivity index (χ1n) is 7.00. The second-order valence-corrected chi connectivity index (χ2v) is 5.06. The van der Waals surface area contributed by atoms with E-state index < -0.39 is 0 Å². The van der Waals surface area contributed by atoms with Crippen LogP contribution in [0.1, 0.15) is 12.0 Å². The molecular weight excluding hydrogens is 275 g/mol. The highest BCUT2D eigenvalue weighted by Gasteiger charge is 2.28. The zero-order valence-electron chi connectivity index (χ0n) is 12.3. The molecule has 0 spiro atoms. The van der Waals surface area contributed by atoms with Crippen LogP contribution in [0.15, 0.2) is 18.2 Å². The quantitative estimate of drug-likeness (QED) is 0.818. The molecule has 1 heterocycles. The van der Waals surface area contributed by atoms with Crippen LogP contribution in [0.5, 0.6) is 5.75 Å². The Kier molecular flexibility index (Phi) is 5.52. The van der Waals surface area contributed by atoms with Crippen molar-refractivity contribution >= 4 is 5.91 Å². The molecule has 21 heavy (non-hydrogen) atoms. The first kappa shape index (κ1) is 15.7. The van der Waals surface area contributed by atoms with Crippen molar-refractivity contribution < 1.29 is 18.7 Å². The molecule has 1 aliphatic heterocycles. The molecule has 0 saturated carbocycles. The van der Waals surface area contributed by atoms with Crippen LogP contribution in [0.2, 0.25) is 0 Å². The predicted octanol–water partition coefficient (Wildman–Crippen LogP) is 0.870. The van der Waals surface area contributed by atoms with Gasteiger partial charge in [0.15, 0.2) is 11.6 Å². The van der Waals surface area contributed by atoms with E-state index in [9.17, 15) is 9.18 Å². The minimum absolute atomic E-state index is 0.0384. The molecule has 116 valence electrons. The molecule has 1 fully saturated rings. The molecule has 0 aliphatic carbocycles. The number of hydrogen-bond acceptors (Lipinski definition) is 4. The molecule has 1 saturated heterocycles. The van der Waals surface area contributed by atoms with Crippen molar-refractivity contribution in [3.05, 3.63) is 29.6 Å². The molecule has 0 radical (unpaired) electrons. The fraction of sp³-hybridized carbons (Fsp3) is 0.533. The summed E-state index contributed by atoms with van der Waals surface area (Å²) >= 11 is 0. The molecule has 1 aliphatic rings. The second-order valence-electron chi connectivity index (χ2n) is 5.06. The Bertz CT molecular complexity index is 496. The van der Waals surface area contributed by atoms with Crippen LogP contribution in [-0.2, 0) is 16.0 Å². The lowest BCUT2D eigenvalue weighted by Gasteiger charge is -2.11. The van der Waals surface area contributed by atoms with Crippen LogP contribution in [0.4, 0.5) is 4.39 Å². The molecule has 0 unspecified atom stereocenters. The van der Waals surface area contributed by atoms with Crippen LogP contribution in [0, 0.1) is 5.82 Å². The normalized spacial score (nSPS) is 21.3. The lowest BCUT2D eigenvalue weighted by Crippen LogP contribution is -2.41. The van der Waals surface area contributed by atoms with E-state index in [1.165, 1.54) is 13.2 Å². The first-order chi connectivity index (χ1) is 10.1. The summed E-state index contributed by atoms with van der Waals surface area (Å²) in [5.74, 6) is -0.200.